The van der Waals surface area contributed by atoms with Crippen molar-refractivity contribution >= 4 is 11.6 Å². The van der Waals surface area contributed by atoms with Crippen molar-refractivity contribution in [1.29, 1.82) is 0 Å². The van der Waals surface area contributed by atoms with Gasteiger partial charge in [-0.3, -0.25) is 4.99 Å². The van der Waals surface area contributed by atoms with E-state index in [-0.39, 0.29) is 17.1 Å². The van der Waals surface area contributed by atoms with Gasteiger partial charge in [-0.15, -0.1) is 0 Å². The van der Waals surface area contributed by atoms with Crippen LogP contribution in [0.4, 0.5) is 14.5 Å². The maximum absolute atomic E-state index is 13.7. The smallest absolute Gasteiger partial charge is 0.193 e. The van der Waals surface area contributed by atoms with Crippen LogP contribution in [0.3, 0.4) is 0 Å². The largest absolute Gasteiger partial charge is 0.381 e. The zero-order valence-corrected chi connectivity index (χ0v) is 13.8. The monoisotopic (exact) mass is 345 g/mol. The van der Waals surface area contributed by atoms with E-state index in [2.05, 4.69) is 22.4 Å². The highest BCUT2D eigenvalue weighted by Gasteiger charge is 2.34. The first-order valence-corrected chi connectivity index (χ1v) is 8.24. The number of guanidine groups is 1. The van der Waals surface area contributed by atoms with E-state index in [1.165, 1.54) is 5.56 Å². The molecule has 0 saturated carbocycles. The summed E-state index contributed by atoms with van der Waals surface area (Å²) in [6.07, 6.45) is 1.67. The molecule has 4 nitrogen and oxygen atoms in total. The van der Waals surface area contributed by atoms with Gasteiger partial charge in [0.15, 0.2) is 5.96 Å². The van der Waals surface area contributed by atoms with Crippen molar-refractivity contribution in [2.45, 2.75) is 18.3 Å². The number of benzene rings is 2. The van der Waals surface area contributed by atoms with Gasteiger partial charge in [-0.25, -0.2) is 8.78 Å². The number of rotatable bonds is 4. The second-order valence-electron chi connectivity index (χ2n) is 6.21. The van der Waals surface area contributed by atoms with Crippen molar-refractivity contribution in [3.05, 3.63) is 65.7 Å². The number of hydrogen-bond acceptors (Lipinski definition) is 2. The number of nitrogens with zero attached hydrogens (tertiary/aromatic N) is 1. The summed E-state index contributed by atoms with van der Waals surface area (Å²) in [5.41, 5.74) is 6.90. The van der Waals surface area contributed by atoms with Gasteiger partial charge in [0.25, 0.3) is 0 Å². The number of nitrogens with two attached hydrogens (primary N) is 1. The lowest BCUT2D eigenvalue weighted by Gasteiger charge is -2.36. The molecule has 6 heteroatoms. The Balaban J connectivity index is 1.78. The summed E-state index contributed by atoms with van der Waals surface area (Å²) in [5.74, 6) is -1.06. The molecular formula is C19H21F2N3O. The number of hydrogen-bond donors (Lipinski definition) is 2. The molecular weight excluding hydrogens is 324 g/mol. The van der Waals surface area contributed by atoms with Crippen LogP contribution in [-0.4, -0.2) is 25.7 Å². The van der Waals surface area contributed by atoms with Crippen molar-refractivity contribution in [1.82, 2.24) is 0 Å². The normalized spacial score (nSPS) is 17.3. The van der Waals surface area contributed by atoms with Crippen LogP contribution in [0.1, 0.15) is 18.4 Å². The van der Waals surface area contributed by atoms with Gasteiger partial charge in [0.05, 0.1) is 12.2 Å². The average Bonchev–Trinajstić information content (AvgIpc) is 2.65. The summed E-state index contributed by atoms with van der Waals surface area (Å²) < 4.78 is 32.5. The van der Waals surface area contributed by atoms with E-state index in [1.54, 1.807) is 0 Å². The Morgan fingerprint density at radius 2 is 1.84 bits per heavy atom. The van der Waals surface area contributed by atoms with E-state index in [0.29, 0.717) is 19.8 Å². The molecule has 0 unspecified atom stereocenters. The minimum absolute atomic E-state index is 0.0259. The maximum Gasteiger partial charge on any atom is 0.193 e. The van der Waals surface area contributed by atoms with E-state index in [0.717, 1.165) is 31.0 Å². The summed E-state index contributed by atoms with van der Waals surface area (Å²) in [4.78, 5) is 4.40. The van der Waals surface area contributed by atoms with Crippen LogP contribution >= 0.6 is 0 Å². The summed E-state index contributed by atoms with van der Waals surface area (Å²) >= 11 is 0. The number of halogens is 2. The van der Waals surface area contributed by atoms with Crippen molar-refractivity contribution in [2.75, 3.05) is 25.1 Å². The molecule has 1 heterocycles. The zero-order valence-electron chi connectivity index (χ0n) is 13.8. The van der Waals surface area contributed by atoms with Gasteiger partial charge in [0.1, 0.15) is 11.6 Å². The first kappa shape index (κ1) is 17.4. The molecule has 25 heavy (non-hydrogen) atoms. The van der Waals surface area contributed by atoms with Crippen molar-refractivity contribution < 1.29 is 13.5 Å². The fourth-order valence-electron chi connectivity index (χ4n) is 3.10. The Kier molecular flexibility index (Phi) is 5.28. The van der Waals surface area contributed by atoms with Gasteiger partial charge in [-0.2, -0.15) is 0 Å². The van der Waals surface area contributed by atoms with E-state index >= 15 is 0 Å². The van der Waals surface area contributed by atoms with Crippen molar-refractivity contribution in [3.8, 4) is 0 Å². The highest BCUT2D eigenvalue weighted by atomic mass is 19.1. The Bertz CT molecular complexity index is 744. The highest BCUT2D eigenvalue weighted by Crippen LogP contribution is 2.35. The lowest BCUT2D eigenvalue weighted by atomic mass is 9.74. The van der Waals surface area contributed by atoms with Gasteiger partial charge in [-0.1, -0.05) is 30.3 Å². The van der Waals surface area contributed by atoms with Gasteiger partial charge in [0, 0.05) is 24.7 Å². The number of aliphatic imine (C=N–C) groups is 1. The molecule has 0 bridgehead atoms. The SMILES string of the molecule is NC(=NCC1(c2ccccc2)CCOCC1)Nc1cc(F)ccc1F. The standard InChI is InChI=1S/C19H21F2N3O/c20-15-6-7-16(21)17(12-15)24-18(22)23-13-19(8-10-25-11-9-19)14-4-2-1-3-5-14/h1-7,12H,8-11,13H2,(H3,22,23,24). The Labute approximate surface area is 145 Å². The lowest BCUT2D eigenvalue weighted by Crippen LogP contribution is -2.38. The predicted molar refractivity (Wildman–Crippen MR) is 94.6 cm³/mol. The number of anilines is 1. The van der Waals surface area contributed by atoms with E-state index < -0.39 is 11.6 Å². The van der Waals surface area contributed by atoms with Crippen molar-refractivity contribution in [2.24, 2.45) is 10.7 Å². The molecule has 1 fully saturated rings. The molecule has 0 atom stereocenters. The molecule has 0 aromatic heterocycles. The van der Waals surface area contributed by atoms with Crippen molar-refractivity contribution in [3.63, 3.8) is 0 Å². The molecule has 132 valence electrons. The molecule has 1 aliphatic heterocycles. The van der Waals surface area contributed by atoms with Crippen LogP contribution in [0.15, 0.2) is 53.5 Å². The fraction of sp³-hybridized carbons (Fsp3) is 0.316. The first-order chi connectivity index (χ1) is 12.1. The summed E-state index contributed by atoms with van der Waals surface area (Å²) in [5, 5.41) is 2.64. The zero-order chi connectivity index (χ0) is 17.7. The maximum atomic E-state index is 13.7. The van der Waals surface area contributed by atoms with Crippen LogP contribution in [0.25, 0.3) is 0 Å². The molecule has 0 radical (unpaired) electrons. The van der Waals surface area contributed by atoms with Crippen LogP contribution in [0.2, 0.25) is 0 Å². The Morgan fingerprint density at radius 1 is 1.12 bits per heavy atom. The van der Waals surface area contributed by atoms with Gasteiger partial charge < -0.3 is 15.8 Å². The molecule has 2 aromatic rings. The fourth-order valence-corrected chi connectivity index (χ4v) is 3.10. The van der Waals surface area contributed by atoms with Crippen LogP contribution in [0.5, 0.6) is 0 Å². The summed E-state index contributed by atoms with van der Waals surface area (Å²) in [7, 11) is 0. The Morgan fingerprint density at radius 3 is 2.56 bits per heavy atom. The van der Waals surface area contributed by atoms with E-state index in [1.807, 2.05) is 18.2 Å². The van der Waals surface area contributed by atoms with E-state index in [9.17, 15) is 8.78 Å². The van der Waals surface area contributed by atoms with Gasteiger partial charge >= 0.3 is 0 Å². The Hall–Kier alpha value is -2.47. The first-order valence-electron chi connectivity index (χ1n) is 8.24. The molecule has 1 aliphatic rings. The van der Waals surface area contributed by atoms with Gasteiger partial charge in [-0.05, 0) is 30.5 Å². The molecule has 0 amide bonds. The predicted octanol–water partition coefficient (Wildman–Crippen LogP) is 3.44. The number of nitrogens with one attached hydrogen (secondary N) is 1. The topological polar surface area (TPSA) is 59.6 Å². The third-order valence-electron chi connectivity index (χ3n) is 4.58. The minimum Gasteiger partial charge on any atom is -0.381 e. The second-order valence-corrected chi connectivity index (χ2v) is 6.21. The number of ether oxygens (including phenoxy) is 1. The molecule has 1 saturated heterocycles. The second kappa shape index (κ2) is 7.61. The van der Waals surface area contributed by atoms with Crippen LogP contribution < -0.4 is 11.1 Å². The third-order valence-corrected chi connectivity index (χ3v) is 4.58. The van der Waals surface area contributed by atoms with E-state index in [4.69, 9.17) is 10.5 Å². The molecule has 3 N–H and O–H groups in total. The quantitative estimate of drug-likeness (QED) is 0.659. The lowest BCUT2D eigenvalue weighted by molar-refractivity contribution is 0.0531. The van der Waals surface area contributed by atoms with Crippen LogP contribution in [-0.2, 0) is 10.2 Å². The third kappa shape index (κ3) is 4.14. The highest BCUT2D eigenvalue weighted by molar-refractivity contribution is 5.92. The summed E-state index contributed by atoms with van der Waals surface area (Å²) in [6.45, 7) is 1.78. The molecule has 0 spiro atoms. The summed E-state index contributed by atoms with van der Waals surface area (Å²) in [6, 6.07) is 13.3. The minimum atomic E-state index is -0.580. The molecule has 3 rings (SSSR count). The van der Waals surface area contributed by atoms with Gasteiger partial charge in [0.2, 0.25) is 0 Å². The molecule has 0 aliphatic carbocycles. The van der Waals surface area contributed by atoms with Crippen LogP contribution in [0, 0.1) is 11.6 Å². The molecule has 2 aromatic carbocycles. The average molecular weight is 345 g/mol.